The van der Waals surface area contributed by atoms with Gasteiger partial charge in [-0.2, -0.15) is 9.50 Å². The maximum Gasteiger partial charge on any atom is 0.255 e. The second-order valence-electron chi connectivity index (χ2n) is 3.57. The SMILES string of the molecule is CC(C)c1cc(O)n2nc(CF)nc2n1. The van der Waals surface area contributed by atoms with E-state index in [1.807, 2.05) is 13.8 Å². The number of hydrogen-bond acceptors (Lipinski definition) is 4. The van der Waals surface area contributed by atoms with E-state index in [2.05, 4.69) is 15.1 Å². The minimum absolute atomic E-state index is 0.0266. The first kappa shape index (κ1) is 9.82. The minimum Gasteiger partial charge on any atom is -0.493 e. The highest BCUT2D eigenvalue weighted by molar-refractivity contribution is 5.34. The van der Waals surface area contributed by atoms with Gasteiger partial charge in [0.2, 0.25) is 5.88 Å². The summed E-state index contributed by atoms with van der Waals surface area (Å²) in [7, 11) is 0. The maximum atomic E-state index is 12.3. The molecule has 0 amide bonds. The fourth-order valence-corrected chi connectivity index (χ4v) is 1.26. The highest BCUT2D eigenvalue weighted by Gasteiger charge is 2.11. The van der Waals surface area contributed by atoms with Gasteiger partial charge in [-0.25, -0.2) is 9.37 Å². The van der Waals surface area contributed by atoms with Crippen LogP contribution in [-0.2, 0) is 6.67 Å². The predicted octanol–water partition coefficient (Wildman–Crippen LogP) is 1.42. The third-order valence-electron chi connectivity index (χ3n) is 2.07. The molecule has 0 saturated carbocycles. The Hall–Kier alpha value is -1.72. The molecule has 5 nitrogen and oxygen atoms in total. The molecule has 0 aliphatic carbocycles. The first-order valence-corrected chi connectivity index (χ1v) is 4.63. The normalized spacial score (nSPS) is 11.5. The summed E-state index contributed by atoms with van der Waals surface area (Å²) < 4.78 is 13.4. The van der Waals surface area contributed by atoms with Crippen LogP contribution < -0.4 is 0 Å². The van der Waals surface area contributed by atoms with Crippen molar-refractivity contribution in [2.75, 3.05) is 0 Å². The Morgan fingerprint density at radius 1 is 1.47 bits per heavy atom. The topological polar surface area (TPSA) is 63.3 Å². The molecule has 2 aromatic rings. The summed E-state index contributed by atoms with van der Waals surface area (Å²) in [6.07, 6.45) is 0. The smallest absolute Gasteiger partial charge is 0.255 e. The van der Waals surface area contributed by atoms with Crippen molar-refractivity contribution < 1.29 is 9.50 Å². The van der Waals surface area contributed by atoms with Gasteiger partial charge in [-0.05, 0) is 5.92 Å². The molecule has 15 heavy (non-hydrogen) atoms. The highest BCUT2D eigenvalue weighted by Crippen LogP contribution is 2.18. The Morgan fingerprint density at radius 2 is 2.20 bits per heavy atom. The number of nitrogens with zero attached hydrogens (tertiary/aromatic N) is 4. The van der Waals surface area contributed by atoms with Gasteiger partial charge >= 0.3 is 0 Å². The third kappa shape index (κ3) is 1.62. The van der Waals surface area contributed by atoms with Gasteiger partial charge in [-0.3, -0.25) is 0 Å². The van der Waals surface area contributed by atoms with Crippen LogP contribution in [0.15, 0.2) is 6.07 Å². The van der Waals surface area contributed by atoms with Crippen molar-refractivity contribution in [3.8, 4) is 5.88 Å². The molecule has 0 fully saturated rings. The van der Waals surface area contributed by atoms with Crippen molar-refractivity contribution in [3.63, 3.8) is 0 Å². The molecule has 0 spiro atoms. The summed E-state index contributed by atoms with van der Waals surface area (Å²) in [4.78, 5) is 8.01. The lowest BCUT2D eigenvalue weighted by Gasteiger charge is -2.04. The zero-order valence-electron chi connectivity index (χ0n) is 8.48. The van der Waals surface area contributed by atoms with Crippen LogP contribution in [0, 0.1) is 0 Å². The van der Waals surface area contributed by atoms with Crippen LogP contribution in [-0.4, -0.2) is 24.7 Å². The van der Waals surface area contributed by atoms with Gasteiger partial charge in [0, 0.05) is 6.07 Å². The number of halogens is 1. The van der Waals surface area contributed by atoms with E-state index < -0.39 is 6.67 Å². The van der Waals surface area contributed by atoms with Crippen LogP contribution in [0.3, 0.4) is 0 Å². The number of alkyl halides is 1. The Balaban J connectivity index is 2.65. The molecule has 2 aromatic heterocycles. The molecular weight excluding hydrogens is 199 g/mol. The Morgan fingerprint density at radius 3 is 2.80 bits per heavy atom. The van der Waals surface area contributed by atoms with Gasteiger partial charge in [0.15, 0.2) is 12.5 Å². The molecule has 0 aliphatic heterocycles. The van der Waals surface area contributed by atoms with Crippen LogP contribution in [0.2, 0.25) is 0 Å². The van der Waals surface area contributed by atoms with E-state index in [-0.39, 0.29) is 23.4 Å². The monoisotopic (exact) mass is 210 g/mol. The summed E-state index contributed by atoms with van der Waals surface area (Å²) in [5.74, 6) is 0.354. The van der Waals surface area contributed by atoms with Crippen LogP contribution in [0.4, 0.5) is 4.39 Å². The summed E-state index contributed by atoms with van der Waals surface area (Å²) in [5, 5.41) is 13.4. The lowest BCUT2D eigenvalue weighted by Crippen LogP contribution is -1.98. The van der Waals surface area contributed by atoms with Crippen molar-refractivity contribution in [3.05, 3.63) is 17.6 Å². The third-order valence-corrected chi connectivity index (χ3v) is 2.07. The van der Waals surface area contributed by atoms with E-state index in [0.29, 0.717) is 5.69 Å². The quantitative estimate of drug-likeness (QED) is 0.814. The molecule has 2 rings (SSSR count). The molecule has 0 atom stereocenters. The summed E-state index contributed by atoms with van der Waals surface area (Å²) in [6.45, 7) is 3.13. The van der Waals surface area contributed by atoms with Crippen molar-refractivity contribution in [1.29, 1.82) is 0 Å². The van der Waals surface area contributed by atoms with Crippen LogP contribution >= 0.6 is 0 Å². The Bertz CT molecular complexity index is 494. The van der Waals surface area contributed by atoms with E-state index in [4.69, 9.17) is 0 Å². The number of rotatable bonds is 2. The van der Waals surface area contributed by atoms with Gasteiger partial charge in [0.05, 0.1) is 5.69 Å². The number of fused-ring (bicyclic) bond motifs is 1. The van der Waals surface area contributed by atoms with E-state index in [9.17, 15) is 9.50 Å². The van der Waals surface area contributed by atoms with Gasteiger partial charge in [0.1, 0.15) is 0 Å². The lowest BCUT2D eigenvalue weighted by molar-refractivity contribution is 0.427. The molecule has 0 aromatic carbocycles. The zero-order chi connectivity index (χ0) is 11.0. The number of aromatic nitrogens is 4. The molecular formula is C9H11FN4O. The number of aromatic hydroxyl groups is 1. The summed E-state index contributed by atoms with van der Waals surface area (Å²) in [6, 6.07) is 1.51. The maximum absolute atomic E-state index is 12.3. The van der Waals surface area contributed by atoms with Crippen molar-refractivity contribution in [2.45, 2.75) is 26.4 Å². The fourth-order valence-electron chi connectivity index (χ4n) is 1.26. The second-order valence-corrected chi connectivity index (χ2v) is 3.57. The molecule has 80 valence electrons. The van der Waals surface area contributed by atoms with Gasteiger partial charge < -0.3 is 5.11 Å². The standard InChI is InChI=1S/C9H11FN4O/c1-5(2)6-3-8(15)14-9(11-6)12-7(4-10)13-14/h3,5,15H,4H2,1-2H3. The molecule has 1 N–H and O–H groups in total. The van der Waals surface area contributed by atoms with Crippen LogP contribution in [0.1, 0.15) is 31.3 Å². The zero-order valence-corrected chi connectivity index (χ0v) is 8.48. The first-order valence-electron chi connectivity index (χ1n) is 4.63. The van der Waals surface area contributed by atoms with Crippen molar-refractivity contribution >= 4 is 5.78 Å². The molecule has 6 heteroatoms. The molecule has 0 unspecified atom stereocenters. The van der Waals surface area contributed by atoms with Gasteiger partial charge in [0.25, 0.3) is 5.78 Å². The fraction of sp³-hybridized carbons (Fsp3) is 0.444. The minimum atomic E-state index is -0.764. The molecule has 0 aliphatic rings. The number of hydrogen-bond donors (Lipinski definition) is 1. The lowest BCUT2D eigenvalue weighted by atomic mass is 10.1. The van der Waals surface area contributed by atoms with Gasteiger partial charge in [-0.1, -0.05) is 13.8 Å². The van der Waals surface area contributed by atoms with E-state index in [1.54, 1.807) is 0 Å². The average Bonchev–Trinajstić information content (AvgIpc) is 2.61. The highest BCUT2D eigenvalue weighted by atomic mass is 19.1. The van der Waals surface area contributed by atoms with E-state index in [0.717, 1.165) is 4.52 Å². The molecule has 0 saturated heterocycles. The molecule has 0 radical (unpaired) electrons. The Labute approximate surface area is 85.6 Å². The first-order chi connectivity index (χ1) is 7.11. The van der Waals surface area contributed by atoms with Crippen LogP contribution in [0.25, 0.3) is 5.78 Å². The Kier molecular flexibility index (Phi) is 2.26. The van der Waals surface area contributed by atoms with E-state index in [1.165, 1.54) is 6.07 Å². The largest absolute Gasteiger partial charge is 0.493 e. The van der Waals surface area contributed by atoms with Crippen LogP contribution in [0.5, 0.6) is 5.88 Å². The van der Waals surface area contributed by atoms with Crippen molar-refractivity contribution in [1.82, 2.24) is 19.6 Å². The summed E-state index contributed by atoms with van der Waals surface area (Å²) >= 11 is 0. The molecule has 2 heterocycles. The van der Waals surface area contributed by atoms with Crippen molar-refractivity contribution in [2.24, 2.45) is 0 Å². The summed E-state index contributed by atoms with van der Waals surface area (Å²) in [5.41, 5.74) is 0.706. The average molecular weight is 210 g/mol. The second kappa shape index (κ2) is 3.45. The van der Waals surface area contributed by atoms with E-state index >= 15 is 0 Å². The van der Waals surface area contributed by atoms with Gasteiger partial charge in [-0.15, -0.1) is 5.10 Å². The molecule has 0 bridgehead atoms. The predicted molar refractivity (Wildman–Crippen MR) is 51.3 cm³/mol.